The van der Waals surface area contributed by atoms with E-state index < -0.39 is 0 Å². The van der Waals surface area contributed by atoms with Gasteiger partial charge in [-0.15, -0.1) is 0 Å². The fraction of sp³-hybridized carbons (Fsp3) is 0. The third kappa shape index (κ3) is 4.19. The molecule has 0 radical (unpaired) electrons. The van der Waals surface area contributed by atoms with E-state index in [-0.39, 0.29) is 0 Å². The molecule has 3 aromatic heterocycles. The minimum atomic E-state index is 0.883. The first kappa shape index (κ1) is 28.0. The lowest BCUT2D eigenvalue weighted by molar-refractivity contribution is 0.669. The summed E-state index contributed by atoms with van der Waals surface area (Å²) in [5, 5.41) is 7.22. The van der Waals surface area contributed by atoms with Gasteiger partial charge in [0.1, 0.15) is 11.2 Å². The largest absolute Gasteiger partial charge is 0.456 e. The van der Waals surface area contributed by atoms with Crippen molar-refractivity contribution < 1.29 is 4.42 Å². The Kier molecular flexibility index (Phi) is 5.96. The van der Waals surface area contributed by atoms with E-state index in [1.807, 2.05) is 0 Å². The van der Waals surface area contributed by atoms with Gasteiger partial charge < -0.3 is 13.6 Å². The summed E-state index contributed by atoms with van der Waals surface area (Å²) in [6.07, 6.45) is 0. The van der Waals surface area contributed by atoms with Crippen LogP contribution >= 0.6 is 0 Å². The van der Waals surface area contributed by atoms with Crippen LogP contribution in [0.15, 0.2) is 186 Å². The highest BCUT2D eigenvalue weighted by Gasteiger charge is 2.18. The van der Waals surface area contributed by atoms with Crippen LogP contribution < -0.4 is 0 Å². The van der Waals surface area contributed by atoms with Crippen molar-refractivity contribution in [2.75, 3.05) is 0 Å². The van der Waals surface area contributed by atoms with E-state index in [1.54, 1.807) is 0 Å². The summed E-state index contributed by atoms with van der Waals surface area (Å²) in [4.78, 5) is 0. The molecule has 0 aliphatic carbocycles. The zero-order chi connectivity index (χ0) is 33.5. The summed E-state index contributed by atoms with van der Waals surface area (Å²) in [6, 6.07) is 65.5. The first-order valence-corrected chi connectivity index (χ1v) is 17.4. The normalized spacial score (nSPS) is 11.9. The van der Waals surface area contributed by atoms with Crippen LogP contribution in [-0.4, -0.2) is 9.13 Å². The Morgan fingerprint density at radius 2 is 0.843 bits per heavy atom. The van der Waals surface area contributed by atoms with Crippen molar-refractivity contribution in [3.63, 3.8) is 0 Å². The average molecular weight is 651 g/mol. The molecule has 0 bridgehead atoms. The predicted octanol–water partition coefficient (Wildman–Crippen LogP) is 13.1. The van der Waals surface area contributed by atoms with Crippen molar-refractivity contribution in [2.45, 2.75) is 0 Å². The van der Waals surface area contributed by atoms with Crippen molar-refractivity contribution in [1.29, 1.82) is 0 Å². The Morgan fingerprint density at radius 1 is 0.314 bits per heavy atom. The molecule has 8 aromatic carbocycles. The molecule has 0 saturated carbocycles. The minimum absolute atomic E-state index is 0.883. The number of nitrogens with zero attached hydrogens (tertiary/aromatic N) is 2. The molecule has 3 heterocycles. The zero-order valence-corrected chi connectivity index (χ0v) is 27.6. The van der Waals surface area contributed by atoms with Crippen molar-refractivity contribution in [3.8, 4) is 33.6 Å². The summed E-state index contributed by atoms with van der Waals surface area (Å²) in [7, 11) is 0. The summed E-state index contributed by atoms with van der Waals surface area (Å²) in [5.41, 5.74) is 13.5. The summed E-state index contributed by atoms with van der Waals surface area (Å²) in [5.74, 6) is 0. The SMILES string of the molecule is c1ccc(-c2ccc(-c3cccc4oc5ccc(-n6c7ccccc7c7ccc(-n8c9ccccc9c9ccccc98)cc76)cc5c34)cc2)cc1. The molecule has 238 valence electrons. The molecule has 0 saturated heterocycles. The maximum atomic E-state index is 6.49. The van der Waals surface area contributed by atoms with Gasteiger partial charge in [-0.2, -0.15) is 0 Å². The van der Waals surface area contributed by atoms with Crippen LogP contribution in [0.25, 0.3) is 99.2 Å². The van der Waals surface area contributed by atoms with Gasteiger partial charge in [0.25, 0.3) is 0 Å². The summed E-state index contributed by atoms with van der Waals surface area (Å²) in [6.45, 7) is 0. The van der Waals surface area contributed by atoms with Crippen molar-refractivity contribution in [3.05, 3.63) is 182 Å². The number of furan rings is 1. The van der Waals surface area contributed by atoms with Gasteiger partial charge in [0.2, 0.25) is 0 Å². The second-order valence-corrected chi connectivity index (χ2v) is 13.3. The van der Waals surface area contributed by atoms with Crippen LogP contribution in [0.2, 0.25) is 0 Å². The molecular formula is C48H30N2O. The van der Waals surface area contributed by atoms with E-state index in [1.165, 1.54) is 65.9 Å². The molecule has 51 heavy (non-hydrogen) atoms. The number of benzene rings is 8. The topological polar surface area (TPSA) is 23.0 Å². The Bertz CT molecular complexity index is 3070. The fourth-order valence-electron chi connectivity index (χ4n) is 8.24. The van der Waals surface area contributed by atoms with Crippen LogP contribution in [-0.2, 0) is 0 Å². The van der Waals surface area contributed by atoms with Gasteiger partial charge in [-0.3, -0.25) is 0 Å². The van der Waals surface area contributed by atoms with E-state index in [0.29, 0.717) is 0 Å². The highest BCUT2D eigenvalue weighted by Crippen LogP contribution is 2.41. The van der Waals surface area contributed by atoms with Gasteiger partial charge in [0, 0.05) is 43.7 Å². The van der Waals surface area contributed by atoms with E-state index in [2.05, 4.69) is 191 Å². The first-order chi connectivity index (χ1) is 25.3. The monoisotopic (exact) mass is 650 g/mol. The Labute approximate surface area is 293 Å². The number of aromatic nitrogens is 2. The van der Waals surface area contributed by atoms with Crippen molar-refractivity contribution in [2.24, 2.45) is 0 Å². The number of hydrogen-bond donors (Lipinski definition) is 0. The van der Waals surface area contributed by atoms with Gasteiger partial charge >= 0.3 is 0 Å². The molecule has 0 spiro atoms. The van der Waals surface area contributed by atoms with E-state index in [9.17, 15) is 0 Å². The van der Waals surface area contributed by atoms with Gasteiger partial charge in [-0.1, -0.05) is 127 Å². The van der Waals surface area contributed by atoms with E-state index in [4.69, 9.17) is 4.42 Å². The van der Waals surface area contributed by atoms with Gasteiger partial charge in [-0.25, -0.2) is 0 Å². The van der Waals surface area contributed by atoms with E-state index in [0.717, 1.165) is 33.3 Å². The smallest absolute Gasteiger partial charge is 0.136 e. The number of rotatable bonds is 4. The Morgan fingerprint density at radius 3 is 1.53 bits per heavy atom. The predicted molar refractivity (Wildman–Crippen MR) is 213 cm³/mol. The van der Waals surface area contributed by atoms with Crippen LogP contribution in [0.5, 0.6) is 0 Å². The van der Waals surface area contributed by atoms with Crippen LogP contribution in [0, 0.1) is 0 Å². The highest BCUT2D eigenvalue weighted by atomic mass is 16.3. The molecule has 11 rings (SSSR count). The van der Waals surface area contributed by atoms with E-state index >= 15 is 0 Å². The molecule has 0 aliphatic heterocycles. The number of para-hydroxylation sites is 3. The standard InChI is InChI=1S/C48H30N2O/c1-2-11-31(12-3-1)32-21-23-33(24-22-32)36-16-10-20-47-48(36)41-29-34(26-28-46(41)51-47)50-44-19-9-6-15-39(44)40-27-25-35(30-45(40)50)49-42-17-7-4-13-37(42)38-14-5-8-18-43(38)49/h1-30H. The molecular weight excluding hydrogens is 621 g/mol. The lowest BCUT2D eigenvalue weighted by atomic mass is 9.97. The van der Waals surface area contributed by atoms with Crippen LogP contribution in [0.1, 0.15) is 0 Å². The minimum Gasteiger partial charge on any atom is -0.456 e. The molecule has 0 aliphatic rings. The molecule has 11 aromatic rings. The van der Waals surface area contributed by atoms with Crippen molar-refractivity contribution in [1.82, 2.24) is 9.13 Å². The van der Waals surface area contributed by atoms with Crippen LogP contribution in [0.3, 0.4) is 0 Å². The van der Waals surface area contributed by atoms with Gasteiger partial charge in [0.05, 0.1) is 22.1 Å². The molecule has 0 amide bonds. The summed E-state index contributed by atoms with van der Waals surface area (Å²) >= 11 is 0. The van der Waals surface area contributed by atoms with Gasteiger partial charge in [0.15, 0.2) is 0 Å². The average Bonchev–Trinajstić information content (AvgIpc) is 3.85. The maximum absolute atomic E-state index is 6.49. The van der Waals surface area contributed by atoms with Crippen LogP contribution in [0.4, 0.5) is 0 Å². The molecule has 0 atom stereocenters. The Balaban J connectivity index is 1.13. The van der Waals surface area contributed by atoms with Crippen molar-refractivity contribution >= 4 is 65.6 Å². The third-order valence-electron chi connectivity index (χ3n) is 10.5. The second kappa shape index (κ2) is 10.8. The molecule has 3 heteroatoms. The first-order valence-electron chi connectivity index (χ1n) is 17.4. The number of hydrogen-bond acceptors (Lipinski definition) is 1. The molecule has 0 fully saturated rings. The van der Waals surface area contributed by atoms with Gasteiger partial charge in [-0.05, 0) is 76.9 Å². The zero-order valence-electron chi connectivity index (χ0n) is 27.6. The lowest BCUT2D eigenvalue weighted by Gasteiger charge is -2.11. The quantitative estimate of drug-likeness (QED) is 0.186. The lowest BCUT2D eigenvalue weighted by Crippen LogP contribution is -1.97. The molecule has 3 nitrogen and oxygen atoms in total. The molecule has 0 unspecified atom stereocenters. The molecule has 0 N–H and O–H groups in total. The maximum Gasteiger partial charge on any atom is 0.136 e. The third-order valence-corrected chi connectivity index (χ3v) is 10.5. The fourth-order valence-corrected chi connectivity index (χ4v) is 8.24. The Hall–Kier alpha value is -6.84. The summed E-state index contributed by atoms with van der Waals surface area (Å²) < 4.78 is 11.3. The second-order valence-electron chi connectivity index (χ2n) is 13.3. The number of fused-ring (bicyclic) bond motifs is 9. The highest BCUT2D eigenvalue weighted by molar-refractivity contribution is 6.15.